The van der Waals surface area contributed by atoms with E-state index in [0.717, 1.165) is 0 Å². The van der Waals surface area contributed by atoms with Crippen LogP contribution in [0.25, 0.3) is 0 Å². The molecule has 0 aromatic heterocycles. The molecule has 7 nitrogen and oxygen atoms in total. The molecule has 1 aromatic carbocycles. The lowest BCUT2D eigenvalue weighted by atomic mass is 10.3. The smallest absolute Gasteiger partial charge is 0.411 e. The van der Waals surface area contributed by atoms with E-state index in [-0.39, 0.29) is 0 Å². The topological polar surface area (TPSA) is 87.9 Å². The Morgan fingerprint density at radius 3 is 2.26 bits per heavy atom. The number of nitrogens with one attached hydrogen (secondary N) is 1. The number of amides is 3. The highest BCUT2D eigenvalue weighted by Crippen LogP contribution is 2.18. The monoisotopic (exact) mass is 266 g/mol. The molecule has 19 heavy (non-hydrogen) atoms. The zero-order chi connectivity index (χ0) is 14.4. The van der Waals surface area contributed by atoms with Crippen LogP contribution >= 0.6 is 0 Å². The molecule has 0 aliphatic rings. The molecule has 0 atom stereocenters. The summed E-state index contributed by atoms with van der Waals surface area (Å²) in [5, 5.41) is 5.42. The van der Waals surface area contributed by atoms with Gasteiger partial charge in [0, 0.05) is 19.8 Å². The van der Waals surface area contributed by atoms with E-state index in [9.17, 15) is 9.59 Å². The van der Waals surface area contributed by atoms with Gasteiger partial charge in [-0.15, -0.1) is 0 Å². The predicted molar refractivity (Wildman–Crippen MR) is 72.8 cm³/mol. The van der Waals surface area contributed by atoms with Crippen molar-refractivity contribution in [3.63, 3.8) is 0 Å². The van der Waals surface area contributed by atoms with Crippen molar-refractivity contribution < 1.29 is 14.3 Å². The Morgan fingerprint density at radius 1 is 1.26 bits per heavy atom. The van der Waals surface area contributed by atoms with Crippen LogP contribution in [0.4, 0.5) is 21.0 Å². The molecule has 1 rings (SSSR count). The number of urea groups is 1. The quantitative estimate of drug-likeness (QED) is 0.810. The molecular formula is C12H18N4O3. The highest BCUT2D eigenvalue weighted by atomic mass is 16.5. The fourth-order valence-electron chi connectivity index (χ4n) is 1.53. The Balaban J connectivity index is 2.80. The number of ether oxygens (including phenoxy) is 1. The van der Waals surface area contributed by atoms with Gasteiger partial charge in [0.2, 0.25) is 0 Å². The maximum Gasteiger partial charge on any atom is 0.411 e. The van der Waals surface area contributed by atoms with E-state index in [1.54, 1.807) is 50.3 Å². The lowest BCUT2D eigenvalue weighted by Crippen LogP contribution is -2.45. The lowest BCUT2D eigenvalue weighted by Gasteiger charge is -2.26. The largest absolute Gasteiger partial charge is 0.450 e. The molecule has 0 radical (unpaired) electrons. The summed E-state index contributed by atoms with van der Waals surface area (Å²) in [4.78, 5) is 22.5. The third-order valence-corrected chi connectivity index (χ3v) is 2.24. The van der Waals surface area contributed by atoms with E-state index in [1.165, 1.54) is 5.01 Å². The minimum absolute atomic E-state index is 0.306. The number of hydrogen-bond donors (Lipinski definition) is 2. The van der Waals surface area contributed by atoms with Crippen LogP contribution in [0.5, 0.6) is 0 Å². The summed E-state index contributed by atoms with van der Waals surface area (Å²) >= 11 is 0. The average molecular weight is 266 g/mol. The highest BCUT2D eigenvalue weighted by Gasteiger charge is 2.14. The Bertz CT molecular complexity index is 445. The Hall–Kier alpha value is -2.28. The van der Waals surface area contributed by atoms with Crippen molar-refractivity contribution in [1.29, 1.82) is 0 Å². The molecule has 104 valence electrons. The van der Waals surface area contributed by atoms with Gasteiger partial charge in [0.1, 0.15) is 0 Å². The normalized spacial score (nSPS) is 10.1. The first-order valence-corrected chi connectivity index (χ1v) is 5.76. The van der Waals surface area contributed by atoms with Crippen molar-refractivity contribution in [3.05, 3.63) is 24.3 Å². The average Bonchev–Trinajstić information content (AvgIpc) is 2.31. The van der Waals surface area contributed by atoms with E-state index in [2.05, 4.69) is 5.32 Å². The summed E-state index contributed by atoms with van der Waals surface area (Å²) < 4.78 is 4.76. The molecule has 0 fully saturated rings. The number of hydrazine groups is 1. The minimum atomic E-state index is -0.587. The van der Waals surface area contributed by atoms with Crippen LogP contribution in [0, 0.1) is 0 Å². The van der Waals surface area contributed by atoms with Crippen LogP contribution in [0.15, 0.2) is 24.3 Å². The van der Waals surface area contributed by atoms with Crippen molar-refractivity contribution in [1.82, 2.24) is 5.01 Å². The van der Waals surface area contributed by atoms with Gasteiger partial charge in [-0.05, 0) is 31.2 Å². The number of rotatable bonds is 4. The standard InChI is InChI=1S/C12H18N4O3/c1-4-19-12(18)14-9-5-7-10(8-6-9)16(11(13)17)15(2)3/h5-8H,4H2,1-3H3,(H2,13,17)(H,14,18). The van der Waals surface area contributed by atoms with Crippen LogP contribution in [-0.4, -0.2) is 37.8 Å². The lowest BCUT2D eigenvalue weighted by molar-refractivity contribution is 0.168. The molecule has 0 aliphatic heterocycles. The Kier molecular flexibility index (Phi) is 5.13. The van der Waals surface area contributed by atoms with Gasteiger partial charge in [0.15, 0.2) is 0 Å². The summed E-state index contributed by atoms with van der Waals surface area (Å²) in [5.74, 6) is 0. The minimum Gasteiger partial charge on any atom is -0.450 e. The highest BCUT2D eigenvalue weighted by molar-refractivity contribution is 5.90. The van der Waals surface area contributed by atoms with E-state index in [4.69, 9.17) is 10.5 Å². The fraction of sp³-hybridized carbons (Fsp3) is 0.333. The van der Waals surface area contributed by atoms with Crippen molar-refractivity contribution >= 4 is 23.5 Å². The third-order valence-electron chi connectivity index (χ3n) is 2.24. The van der Waals surface area contributed by atoms with Crippen molar-refractivity contribution in [3.8, 4) is 0 Å². The number of carbonyl (C=O) groups is 2. The second-order valence-electron chi connectivity index (χ2n) is 3.89. The number of hydrogen-bond acceptors (Lipinski definition) is 4. The zero-order valence-electron chi connectivity index (χ0n) is 11.2. The van der Waals surface area contributed by atoms with Gasteiger partial charge < -0.3 is 10.5 Å². The molecule has 0 saturated carbocycles. The molecule has 0 bridgehead atoms. The summed E-state index contributed by atoms with van der Waals surface area (Å²) in [6.45, 7) is 2.03. The third kappa shape index (κ3) is 4.14. The molecule has 0 heterocycles. The summed E-state index contributed by atoms with van der Waals surface area (Å²) in [7, 11) is 3.41. The molecule has 0 saturated heterocycles. The van der Waals surface area contributed by atoms with Crippen LogP contribution in [0.2, 0.25) is 0 Å². The van der Waals surface area contributed by atoms with Crippen LogP contribution in [0.1, 0.15) is 6.92 Å². The summed E-state index contributed by atoms with van der Waals surface area (Å²) in [5.41, 5.74) is 6.46. The van der Waals surface area contributed by atoms with Crippen LogP contribution < -0.4 is 16.1 Å². The van der Waals surface area contributed by atoms with E-state index in [1.807, 2.05) is 0 Å². The number of benzene rings is 1. The molecular weight excluding hydrogens is 248 g/mol. The number of primary amides is 1. The van der Waals surface area contributed by atoms with Gasteiger partial charge in [-0.1, -0.05) is 0 Å². The second kappa shape index (κ2) is 6.60. The van der Waals surface area contributed by atoms with Crippen LogP contribution in [0.3, 0.4) is 0 Å². The second-order valence-corrected chi connectivity index (χ2v) is 3.89. The molecule has 0 spiro atoms. The molecule has 7 heteroatoms. The van der Waals surface area contributed by atoms with Gasteiger partial charge in [-0.3, -0.25) is 5.32 Å². The summed E-state index contributed by atoms with van der Waals surface area (Å²) in [6, 6.07) is 6.08. The Labute approximate surface area is 111 Å². The van der Waals surface area contributed by atoms with E-state index >= 15 is 0 Å². The van der Waals surface area contributed by atoms with Gasteiger partial charge in [-0.2, -0.15) is 0 Å². The molecule has 3 N–H and O–H groups in total. The molecule has 0 unspecified atom stereocenters. The van der Waals surface area contributed by atoms with E-state index in [0.29, 0.717) is 18.0 Å². The SMILES string of the molecule is CCOC(=O)Nc1ccc(N(C(N)=O)N(C)C)cc1. The van der Waals surface area contributed by atoms with Crippen LogP contribution in [-0.2, 0) is 4.74 Å². The van der Waals surface area contributed by atoms with E-state index < -0.39 is 12.1 Å². The predicted octanol–water partition coefficient (Wildman–Crippen LogP) is 1.62. The zero-order valence-corrected chi connectivity index (χ0v) is 11.2. The Morgan fingerprint density at radius 2 is 1.84 bits per heavy atom. The molecule has 3 amide bonds. The maximum absolute atomic E-state index is 11.3. The van der Waals surface area contributed by atoms with Gasteiger partial charge in [-0.25, -0.2) is 19.6 Å². The first-order valence-electron chi connectivity index (χ1n) is 5.76. The molecule has 1 aromatic rings. The van der Waals surface area contributed by atoms with Gasteiger partial charge >= 0.3 is 12.1 Å². The van der Waals surface area contributed by atoms with Gasteiger partial charge in [0.05, 0.1) is 12.3 Å². The van der Waals surface area contributed by atoms with Crippen molar-refractivity contribution in [2.45, 2.75) is 6.92 Å². The first kappa shape index (κ1) is 14.8. The number of nitrogens with two attached hydrogens (primary N) is 1. The van der Waals surface area contributed by atoms with Gasteiger partial charge in [0.25, 0.3) is 0 Å². The number of carbonyl (C=O) groups excluding carboxylic acids is 2. The number of anilines is 2. The number of nitrogens with zero attached hydrogens (tertiary/aromatic N) is 2. The first-order chi connectivity index (χ1) is 8.95. The molecule has 0 aliphatic carbocycles. The maximum atomic E-state index is 11.3. The van der Waals surface area contributed by atoms with Crippen molar-refractivity contribution in [2.24, 2.45) is 5.73 Å². The summed E-state index contributed by atoms with van der Waals surface area (Å²) in [6.07, 6.45) is -0.519. The fourth-order valence-corrected chi connectivity index (χ4v) is 1.53. The van der Waals surface area contributed by atoms with Crippen molar-refractivity contribution in [2.75, 3.05) is 31.0 Å².